The molecule has 2 aliphatic heterocycles. The lowest BCUT2D eigenvalue weighted by atomic mass is 10.0. The predicted molar refractivity (Wildman–Crippen MR) is 305 cm³/mol. The predicted octanol–water partition coefficient (Wildman–Crippen LogP) is 7.27. The minimum absolute atomic E-state index is 0. The zero-order chi connectivity index (χ0) is 53.0. The van der Waals surface area contributed by atoms with Crippen molar-refractivity contribution >= 4 is 64.6 Å². The average molecular weight is 1180 g/mol. The molecule has 0 bridgehead atoms. The van der Waals surface area contributed by atoms with Gasteiger partial charge in [0, 0.05) is 23.3 Å². The van der Waals surface area contributed by atoms with Gasteiger partial charge in [-0.05, 0) is 83.6 Å². The standard InChI is InChI=1S/C65H56N3O7PS.HI/c69-56(43-25-42-55(66-61(70)50-34-17-5-18-35-50)64(72)74-59(46-26-9-1-10-27-46)47-28-11-2-12-29-47)67-57-62(71)68-58(65(73)75-60(48-30-13-3-14-31-48)49-32-15-4-16-33-49)51(45-77-63(57)68)44-76(52-36-19-6-20-37-52,53-38-21-7-22-39-53)54-40-23-8-24-41-54;/h1-24,26-41,55,57,59-60,63H,25,42-45H2,(H-,66,67,69,70);1H/t55?,57?,63-;/m0./s1. The van der Waals surface area contributed by atoms with E-state index in [9.17, 15) is 19.2 Å². The van der Waals surface area contributed by atoms with Gasteiger partial charge in [-0.2, -0.15) is 0 Å². The normalized spacial score (nSPS) is 15.3. The molecular weight excluding hydrogens is 1120 g/mol. The Bertz CT molecular complexity index is 3160. The topological polar surface area (TPSA) is 131 Å². The molecule has 3 atom stereocenters. The fraction of sp³-hybridized carbons (Fsp3) is 0.154. The van der Waals surface area contributed by atoms with Crippen molar-refractivity contribution in [2.45, 2.75) is 48.9 Å². The van der Waals surface area contributed by atoms with E-state index in [1.807, 2.05) is 176 Å². The van der Waals surface area contributed by atoms with Crippen molar-refractivity contribution in [3.8, 4) is 0 Å². The third-order valence-electron chi connectivity index (χ3n) is 14.0. The minimum Gasteiger partial charge on any atom is -1.00 e. The number of carbonyl (C=O) groups is 5. The van der Waals surface area contributed by atoms with Gasteiger partial charge in [0.05, 0.1) is 6.16 Å². The highest BCUT2D eigenvalue weighted by Gasteiger charge is 2.57. The van der Waals surface area contributed by atoms with Gasteiger partial charge in [-0.1, -0.05) is 194 Å². The van der Waals surface area contributed by atoms with Crippen molar-refractivity contribution in [2.75, 3.05) is 11.9 Å². The first kappa shape index (κ1) is 55.1. The van der Waals surface area contributed by atoms with E-state index < -0.39 is 66.6 Å². The number of hydrogen-bond donors (Lipinski definition) is 2. The molecule has 2 aliphatic rings. The largest absolute Gasteiger partial charge is 1.00 e. The third kappa shape index (κ3) is 12.4. The Kier molecular flexibility index (Phi) is 18.5. The molecule has 0 aliphatic carbocycles. The summed E-state index contributed by atoms with van der Waals surface area (Å²) in [6, 6.07) is 75.6. The number of carbonyl (C=O) groups excluding carboxylic acids is 5. The van der Waals surface area contributed by atoms with E-state index in [-0.39, 0.29) is 48.9 Å². The third-order valence-corrected chi connectivity index (χ3v) is 19.7. The summed E-state index contributed by atoms with van der Waals surface area (Å²) in [5.41, 5.74) is 4.40. The minimum atomic E-state index is -2.57. The summed E-state index contributed by atoms with van der Waals surface area (Å²) in [6.07, 6.45) is -0.896. The van der Waals surface area contributed by atoms with Gasteiger partial charge in [-0.25, -0.2) is 9.59 Å². The number of ether oxygens (including phenoxy) is 2. The smallest absolute Gasteiger partial charge is 0.356 e. The number of thioether (sulfide) groups is 1. The van der Waals surface area contributed by atoms with Crippen molar-refractivity contribution in [1.29, 1.82) is 0 Å². The van der Waals surface area contributed by atoms with Crippen LogP contribution in [-0.2, 0) is 28.7 Å². The maximum Gasteiger partial charge on any atom is 0.356 e. The van der Waals surface area contributed by atoms with Crippen LogP contribution in [0.15, 0.2) is 254 Å². The van der Waals surface area contributed by atoms with E-state index in [1.54, 1.807) is 30.3 Å². The first-order valence-corrected chi connectivity index (χ1v) is 28.8. The quantitative estimate of drug-likeness (QED) is 0.0353. The van der Waals surface area contributed by atoms with E-state index in [0.29, 0.717) is 17.5 Å². The van der Waals surface area contributed by atoms with Crippen LogP contribution < -0.4 is 50.5 Å². The number of esters is 2. The number of benzene rings is 8. The molecule has 3 amide bonds. The van der Waals surface area contributed by atoms with E-state index in [0.717, 1.165) is 43.7 Å². The van der Waals surface area contributed by atoms with Crippen molar-refractivity contribution in [1.82, 2.24) is 15.5 Å². The van der Waals surface area contributed by atoms with Crippen LogP contribution in [0.2, 0.25) is 0 Å². The second kappa shape index (κ2) is 26.1. The van der Waals surface area contributed by atoms with Crippen LogP contribution in [0.1, 0.15) is 64.1 Å². The Morgan fingerprint density at radius 2 is 0.949 bits per heavy atom. The Labute approximate surface area is 477 Å². The summed E-state index contributed by atoms with van der Waals surface area (Å²) in [7, 11) is -2.57. The van der Waals surface area contributed by atoms with Gasteiger partial charge in [0.25, 0.3) is 11.8 Å². The Hall–Kier alpha value is -7.64. The zero-order valence-corrected chi connectivity index (χ0v) is 46.4. The van der Waals surface area contributed by atoms with Gasteiger partial charge in [0.2, 0.25) is 5.91 Å². The summed E-state index contributed by atoms with van der Waals surface area (Å²) in [6.45, 7) is 0. The number of fused-ring (bicyclic) bond motifs is 1. The Morgan fingerprint density at radius 3 is 1.38 bits per heavy atom. The molecule has 0 aromatic heterocycles. The molecule has 392 valence electrons. The van der Waals surface area contributed by atoms with E-state index >= 15 is 4.79 Å². The summed E-state index contributed by atoms with van der Waals surface area (Å²) in [5, 5.41) is 8.61. The Balaban J connectivity index is 0.00000740. The van der Waals surface area contributed by atoms with Gasteiger partial charge in [0.1, 0.15) is 46.3 Å². The maximum atomic E-state index is 15.4. The van der Waals surface area contributed by atoms with Gasteiger partial charge < -0.3 is 44.1 Å². The van der Waals surface area contributed by atoms with Gasteiger partial charge >= 0.3 is 11.9 Å². The Morgan fingerprint density at radius 1 is 0.551 bits per heavy atom. The molecule has 0 saturated carbocycles. The van der Waals surface area contributed by atoms with Crippen molar-refractivity contribution in [3.05, 3.63) is 282 Å². The van der Waals surface area contributed by atoms with Crippen LogP contribution in [-0.4, -0.2) is 63.9 Å². The molecule has 78 heavy (non-hydrogen) atoms. The first-order valence-electron chi connectivity index (χ1n) is 25.8. The second-order valence-electron chi connectivity index (χ2n) is 18.9. The molecule has 2 unspecified atom stereocenters. The van der Waals surface area contributed by atoms with Gasteiger partial charge in [-0.15, -0.1) is 11.8 Å². The fourth-order valence-electron chi connectivity index (χ4n) is 10.2. The maximum absolute atomic E-state index is 15.4. The summed E-state index contributed by atoms with van der Waals surface area (Å²) < 4.78 is 12.8. The van der Waals surface area contributed by atoms with Crippen LogP contribution in [0, 0.1) is 0 Å². The summed E-state index contributed by atoms with van der Waals surface area (Å²) in [5.74, 6) is -2.20. The molecule has 8 aromatic carbocycles. The van der Waals surface area contributed by atoms with E-state index in [4.69, 9.17) is 9.47 Å². The highest BCUT2D eigenvalue weighted by molar-refractivity contribution is 8.00. The molecule has 8 aromatic rings. The van der Waals surface area contributed by atoms with Crippen LogP contribution in [0.25, 0.3) is 0 Å². The SMILES string of the molecule is O=C(CCCC(NC(=O)c1ccccc1)C(=O)OC(c1ccccc1)c1ccccc1)NC1C(=O)N2C(C(=O)OC(c3ccccc3)c3ccccc3)=C(C[P+](c3ccccc3)(c3ccccc3)c3ccccc3)CS[C@@H]12.[I-]. The van der Waals surface area contributed by atoms with E-state index in [1.165, 1.54) is 16.7 Å². The van der Waals surface area contributed by atoms with Gasteiger partial charge in [0.15, 0.2) is 12.2 Å². The number of β-lactam (4-membered cyclic amide) rings is 1. The van der Waals surface area contributed by atoms with Crippen LogP contribution in [0.3, 0.4) is 0 Å². The van der Waals surface area contributed by atoms with Crippen LogP contribution in [0.4, 0.5) is 0 Å². The van der Waals surface area contributed by atoms with Crippen LogP contribution in [0.5, 0.6) is 0 Å². The summed E-state index contributed by atoms with van der Waals surface area (Å²) in [4.78, 5) is 73.5. The molecule has 0 radical (unpaired) electrons. The number of nitrogens with one attached hydrogen (secondary N) is 2. The first-order chi connectivity index (χ1) is 37.8. The molecule has 1 saturated heterocycles. The lowest BCUT2D eigenvalue weighted by Crippen LogP contribution is -3.00. The van der Waals surface area contributed by atoms with Crippen molar-refractivity contribution in [2.24, 2.45) is 0 Å². The number of hydrogen-bond acceptors (Lipinski definition) is 8. The zero-order valence-electron chi connectivity index (χ0n) is 42.6. The molecule has 2 heterocycles. The number of rotatable bonds is 20. The number of halogens is 1. The molecule has 13 heteroatoms. The molecule has 10 rings (SSSR count). The van der Waals surface area contributed by atoms with Crippen molar-refractivity contribution < 1.29 is 57.4 Å². The molecule has 10 nitrogen and oxygen atoms in total. The van der Waals surface area contributed by atoms with E-state index in [2.05, 4.69) is 47.0 Å². The molecule has 2 N–H and O–H groups in total. The number of amides is 3. The summed E-state index contributed by atoms with van der Waals surface area (Å²) >= 11 is 1.51. The van der Waals surface area contributed by atoms with Crippen molar-refractivity contribution in [3.63, 3.8) is 0 Å². The molecule has 1 fully saturated rings. The molecule has 0 spiro atoms. The van der Waals surface area contributed by atoms with Gasteiger partial charge in [-0.3, -0.25) is 19.3 Å². The number of nitrogens with zero attached hydrogens (tertiary/aromatic N) is 1. The van der Waals surface area contributed by atoms with Crippen LogP contribution >= 0.6 is 19.0 Å². The lowest BCUT2D eigenvalue weighted by Gasteiger charge is -2.50. The fourth-order valence-corrected chi connectivity index (χ4v) is 16.0. The highest BCUT2D eigenvalue weighted by Crippen LogP contribution is 2.58. The second-order valence-corrected chi connectivity index (χ2v) is 23.5. The average Bonchev–Trinajstić information content (AvgIpc) is 3.68. The lowest BCUT2D eigenvalue weighted by molar-refractivity contribution is -0.154. The highest BCUT2D eigenvalue weighted by atomic mass is 127. The molecular formula is C65H57IN3O7PS. The monoisotopic (exact) mass is 1180 g/mol.